The molecule has 0 fully saturated rings. The van der Waals surface area contributed by atoms with Crippen molar-refractivity contribution in [2.45, 2.75) is 31.6 Å². The summed E-state index contributed by atoms with van der Waals surface area (Å²) in [6.45, 7) is 4.28. The van der Waals surface area contributed by atoms with E-state index in [9.17, 15) is 5.26 Å². The van der Waals surface area contributed by atoms with Crippen LogP contribution in [-0.2, 0) is 6.42 Å². The largest absolute Gasteiger partial charge is 0.354 e. The fourth-order valence-corrected chi connectivity index (χ4v) is 3.01. The first-order valence-corrected chi connectivity index (χ1v) is 8.29. The monoisotopic (exact) mass is 296 g/mol. The molecule has 0 saturated carbocycles. The van der Waals surface area contributed by atoms with Gasteiger partial charge in [0, 0.05) is 10.6 Å². The summed E-state index contributed by atoms with van der Waals surface area (Å²) in [5, 5.41) is 12.8. The minimum atomic E-state index is 0.724. The van der Waals surface area contributed by atoms with Gasteiger partial charge in [-0.15, -0.1) is 11.8 Å². The Kier molecular flexibility index (Phi) is 5.71. The Hall–Kier alpha value is -1.92. The van der Waals surface area contributed by atoms with Crippen LogP contribution >= 0.6 is 11.8 Å². The van der Waals surface area contributed by atoms with E-state index in [4.69, 9.17) is 0 Å². The molecule has 0 radical (unpaired) electrons. The van der Waals surface area contributed by atoms with Crippen LogP contribution < -0.4 is 5.32 Å². The number of hydrogen-bond donors (Lipinski definition) is 1. The van der Waals surface area contributed by atoms with Crippen molar-refractivity contribution in [1.82, 2.24) is 0 Å². The van der Waals surface area contributed by atoms with Gasteiger partial charge in [-0.25, -0.2) is 0 Å². The number of nitriles is 1. The third kappa shape index (κ3) is 4.03. The minimum Gasteiger partial charge on any atom is -0.354 e. The van der Waals surface area contributed by atoms with Gasteiger partial charge in [-0.3, -0.25) is 0 Å². The number of nitrogens with zero attached hydrogens (tertiary/aromatic N) is 1. The number of aryl methyl sites for hydroxylation is 1. The van der Waals surface area contributed by atoms with E-state index in [1.165, 1.54) is 5.56 Å². The van der Waals surface area contributed by atoms with Crippen molar-refractivity contribution in [3.05, 3.63) is 53.6 Å². The molecule has 3 heteroatoms. The second kappa shape index (κ2) is 7.75. The van der Waals surface area contributed by atoms with Crippen LogP contribution in [0.2, 0.25) is 0 Å². The maximum absolute atomic E-state index is 9.41. The van der Waals surface area contributed by atoms with Gasteiger partial charge in [0.25, 0.3) is 0 Å². The average Bonchev–Trinajstić information content (AvgIpc) is 2.50. The molecule has 1 N–H and O–H groups in total. The molecule has 0 aliphatic rings. The van der Waals surface area contributed by atoms with Gasteiger partial charge < -0.3 is 5.32 Å². The topological polar surface area (TPSA) is 35.8 Å². The van der Waals surface area contributed by atoms with Gasteiger partial charge in [0.2, 0.25) is 0 Å². The lowest BCUT2D eigenvalue weighted by Gasteiger charge is -2.11. The van der Waals surface area contributed by atoms with Crippen molar-refractivity contribution in [3.8, 4) is 6.07 Å². The van der Waals surface area contributed by atoms with Gasteiger partial charge in [0.05, 0.1) is 11.3 Å². The number of rotatable bonds is 6. The predicted octanol–water partition coefficient (Wildman–Crippen LogP) is 5.37. The molecule has 0 aromatic heterocycles. The van der Waals surface area contributed by atoms with Crippen molar-refractivity contribution < 1.29 is 0 Å². The highest BCUT2D eigenvalue weighted by Crippen LogP contribution is 2.29. The summed E-state index contributed by atoms with van der Waals surface area (Å²) < 4.78 is 0. The summed E-state index contributed by atoms with van der Waals surface area (Å²) in [4.78, 5) is 1.03. The zero-order valence-electron chi connectivity index (χ0n) is 12.5. The molecular weight excluding hydrogens is 276 g/mol. The Balaban J connectivity index is 2.23. The molecule has 0 bridgehead atoms. The normalized spacial score (nSPS) is 10.1. The van der Waals surface area contributed by atoms with Crippen LogP contribution in [0.1, 0.15) is 31.4 Å². The second-order valence-corrected chi connectivity index (χ2v) is 6.10. The molecule has 2 nitrogen and oxygen atoms in total. The van der Waals surface area contributed by atoms with Gasteiger partial charge in [0.1, 0.15) is 6.07 Å². The zero-order valence-corrected chi connectivity index (χ0v) is 13.3. The molecule has 108 valence electrons. The van der Waals surface area contributed by atoms with E-state index >= 15 is 0 Å². The number of nitrogens with one attached hydrogen (secondary N) is 1. The van der Waals surface area contributed by atoms with Crippen molar-refractivity contribution in [1.29, 1.82) is 5.26 Å². The van der Waals surface area contributed by atoms with Crippen LogP contribution in [0.3, 0.4) is 0 Å². The van der Waals surface area contributed by atoms with Crippen LogP contribution in [-0.4, -0.2) is 5.75 Å². The van der Waals surface area contributed by atoms with E-state index in [0.717, 1.165) is 40.4 Å². The molecule has 0 aliphatic carbocycles. The molecule has 21 heavy (non-hydrogen) atoms. The molecule has 0 atom stereocenters. The van der Waals surface area contributed by atoms with Gasteiger partial charge in [-0.2, -0.15) is 5.26 Å². The average molecular weight is 296 g/mol. The summed E-state index contributed by atoms with van der Waals surface area (Å²) in [7, 11) is 0. The SMILES string of the molecule is CCCc1ccc(Nc2cccc(SCC)c2C#N)cc1. The Bertz CT molecular complexity index is 627. The Labute approximate surface area is 131 Å². The van der Waals surface area contributed by atoms with Crippen molar-refractivity contribution in [3.63, 3.8) is 0 Å². The van der Waals surface area contributed by atoms with E-state index in [1.807, 2.05) is 18.2 Å². The van der Waals surface area contributed by atoms with Crippen LogP contribution in [0, 0.1) is 11.3 Å². The van der Waals surface area contributed by atoms with E-state index in [1.54, 1.807) is 11.8 Å². The van der Waals surface area contributed by atoms with Gasteiger partial charge in [-0.1, -0.05) is 38.5 Å². The van der Waals surface area contributed by atoms with E-state index in [0.29, 0.717) is 0 Å². The maximum atomic E-state index is 9.41. The molecule has 0 spiro atoms. The van der Waals surface area contributed by atoms with Gasteiger partial charge in [-0.05, 0) is 42.0 Å². The Morgan fingerprint density at radius 2 is 1.86 bits per heavy atom. The molecule has 0 saturated heterocycles. The zero-order chi connectivity index (χ0) is 15.1. The lowest BCUT2D eigenvalue weighted by atomic mass is 10.1. The molecule has 0 unspecified atom stereocenters. The van der Waals surface area contributed by atoms with Crippen molar-refractivity contribution in [2.75, 3.05) is 11.1 Å². The van der Waals surface area contributed by atoms with Gasteiger partial charge >= 0.3 is 0 Å². The summed E-state index contributed by atoms with van der Waals surface area (Å²) in [6.07, 6.45) is 2.26. The standard InChI is InChI=1S/C18H20N2S/c1-3-6-14-9-11-15(12-10-14)20-17-7-5-8-18(21-4-2)16(17)13-19/h5,7-12,20H,3-4,6H2,1-2H3. The van der Waals surface area contributed by atoms with E-state index < -0.39 is 0 Å². The molecular formula is C18H20N2S. The van der Waals surface area contributed by atoms with Gasteiger partial charge in [0.15, 0.2) is 0 Å². The fourth-order valence-electron chi connectivity index (χ4n) is 2.23. The summed E-state index contributed by atoms with van der Waals surface area (Å²) >= 11 is 1.70. The lowest BCUT2D eigenvalue weighted by Crippen LogP contribution is -1.95. The Morgan fingerprint density at radius 3 is 2.48 bits per heavy atom. The predicted molar refractivity (Wildman–Crippen MR) is 91.3 cm³/mol. The maximum Gasteiger partial charge on any atom is 0.103 e. The number of anilines is 2. The Morgan fingerprint density at radius 1 is 1.10 bits per heavy atom. The summed E-state index contributed by atoms with van der Waals surface area (Å²) in [5.74, 6) is 0.962. The van der Waals surface area contributed by atoms with E-state index in [-0.39, 0.29) is 0 Å². The fraction of sp³-hybridized carbons (Fsp3) is 0.278. The first-order chi connectivity index (χ1) is 10.3. The first kappa shape index (κ1) is 15.5. The molecule has 0 amide bonds. The molecule has 2 aromatic carbocycles. The second-order valence-electron chi connectivity index (χ2n) is 4.80. The van der Waals surface area contributed by atoms with Crippen molar-refractivity contribution in [2.24, 2.45) is 0 Å². The van der Waals surface area contributed by atoms with Crippen LogP contribution in [0.25, 0.3) is 0 Å². The highest BCUT2D eigenvalue weighted by atomic mass is 32.2. The van der Waals surface area contributed by atoms with Crippen LogP contribution in [0.15, 0.2) is 47.4 Å². The molecule has 0 aliphatic heterocycles. The third-order valence-corrected chi connectivity index (χ3v) is 4.15. The summed E-state index contributed by atoms with van der Waals surface area (Å²) in [6, 6.07) is 16.7. The number of benzene rings is 2. The number of hydrogen-bond acceptors (Lipinski definition) is 3. The molecule has 2 rings (SSSR count). The third-order valence-electron chi connectivity index (χ3n) is 3.21. The molecule has 0 heterocycles. The highest BCUT2D eigenvalue weighted by molar-refractivity contribution is 7.99. The van der Waals surface area contributed by atoms with Crippen LogP contribution in [0.4, 0.5) is 11.4 Å². The smallest absolute Gasteiger partial charge is 0.103 e. The lowest BCUT2D eigenvalue weighted by molar-refractivity contribution is 0.922. The highest BCUT2D eigenvalue weighted by Gasteiger charge is 2.08. The van der Waals surface area contributed by atoms with E-state index in [2.05, 4.69) is 49.5 Å². The first-order valence-electron chi connectivity index (χ1n) is 7.30. The quantitative estimate of drug-likeness (QED) is 0.728. The molecule has 2 aromatic rings. The van der Waals surface area contributed by atoms with Crippen LogP contribution in [0.5, 0.6) is 0 Å². The number of thioether (sulfide) groups is 1. The van der Waals surface area contributed by atoms with Crippen molar-refractivity contribution >= 4 is 23.1 Å². The minimum absolute atomic E-state index is 0.724. The summed E-state index contributed by atoms with van der Waals surface area (Å²) in [5.41, 5.74) is 3.96.